The molecule has 1 saturated heterocycles. The summed E-state index contributed by atoms with van der Waals surface area (Å²) >= 11 is 0. The molecular weight excluding hydrogens is 278 g/mol. The number of carbonyl (C=O) groups excluding carboxylic acids is 1. The molecule has 3 rings (SSSR count). The minimum absolute atomic E-state index is 0.110. The molecule has 5 heteroatoms. The largest absolute Gasteiger partial charge is 0.393 e. The molecule has 5 nitrogen and oxygen atoms in total. The SMILES string of the molecule is C[C@H](O)C[C@@H]1CCCN1C(=O)Nc1cccc2cccnc12. The molecule has 0 unspecified atom stereocenters. The van der Waals surface area contributed by atoms with Crippen molar-refractivity contribution in [2.75, 3.05) is 11.9 Å². The Hall–Kier alpha value is -2.14. The van der Waals surface area contributed by atoms with Gasteiger partial charge in [-0.15, -0.1) is 0 Å². The molecular formula is C17H21N3O2. The number of aromatic nitrogens is 1. The van der Waals surface area contributed by atoms with E-state index in [1.807, 2.05) is 35.2 Å². The van der Waals surface area contributed by atoms with Crippen molar-refractivity contribution in [3.63, 3.8) is 0 Å². The molecule has 0 saturated carbocycles. The molecule has 1 aromatic carbocycles. The van der Waals surface area contributed by atoms with Crippen molar-refractivity contribution in [2.24, 2.45) is 0 Å². The Morgan fingerprint density at radius 1 is 1.45 bits per heavy atom. The molecule has 2 N–H and O–H groups in total. The van der Waals surface area contributed by atoms with E-state index in [1.54, 1.807) is 13.1 Å². The summed E-state index contributed by atoms with van der Waals surface area (Å²) in [6, 6.07) is 9.62. The number of aliphatic hydroxyl groups is 1. The van der Waals surface area contributed by atoms with Gasteiger partial charge in [0.05, 0.1) is 17.3 Å². The molecule has 116 valence electrons. The van der Waals surface area contributed by atoms with Gasteiger partial charge in [0.1, 0.15) is 0 Å². The predicted molar refractivity (Wildman–Crippen MR) is 86.8 cm³/mol. The summed E-state index contributed by atoms with van der Waals surface area (Å²) in [4.78, 5) is 18.7. The first kappa shape index (κ1) is 14.8. The number of likely N-dealkylation sites (tertiary alicyclic amines) is 1. The number of hydrogen-bond acceptors (Lipinski definition) is 3. The Bertz CT molecular complexity index is 667. The van der Waals surface area contributed by atoms with Crippen molar-refractivity contribution in [3.05, 3.63) is 36.5 Å². The lowest BCUT2D eigenvalue weighted by Crippen LogP contribution is -2.40. The van der Waals surface area contributed by atoms with Gasteiger partial charge in [0.15, 0.2) is 0 Å². The maximum absolute atomic E-state index is 12.6. The summed E-state index contributed by atoms with van der Waals surface area (Å²) in [5, 5.41) is 13.6. The summed E-state index contributed by atoms with van der Waals surface area (Å²) in [6.45, 7) is 2.50. The average Bonchev–Trinajstić information content (AvgIpc) is 2.95. The normalized spacial score (nSPS) is 19.4. The number of fused-ring (bicyclic) bond motifs is 1. The highest BCUT2D eigenvalue weighted by atomic mass is 16.3. The van der Waals surface area contributed by atoms with E-state index in [4.69, 9.17) is 0 Å². The van der Waals surface area contributed by atoms with Gasteiger partial charge in [-0.25, -0.2) is 4.79 Å². The van der Waals surface area contributed by atoms with Crippen molar-refractivity contribution in [3.8, 4) is 0 Å². The second-order valence-corrected chi connectivity index (χ2v) is 5.89. The van der Waals surface area contributed by atoms with Crippen LogP contribution in [-0.2, 0) is 0 Å². The van der Waals surface area contributed by atoms with Crippen molar-refractivity contribution >= 4 is 22.6 Å². The topological polar surface area (TPSA) is 65.5 Å². The van der Waals surface area contributed by atoms with Crippen LogP contribution in [-0.4, -0.2) is 39.7 Å². The molecule has 1 aromatic heterocycles. The van der Waals surface area contributed by atoms with Crippen LogP contribution in [0.1, 0.15) is 26.2 Å². The van der Waals surface area contributed by atoms with Gasteiger partial charge in [0, 0.05) is 24.2 Å². The van der Waals surface area contributed by atoms with Gasteiger partial charge in [-0.2, -0.15) is 0 Å². The van der Waals surface area contributed by atoms with Gasteiger partial charge >= 0.3 is 6.03 Å². The molecule has 1 aliphatic rings. The van der Waals surface area contributed by atoms with E-state index in [-0.39, 0.29) is 12.1 Å². The van der Waals surface area contributed by atoms with Crippen molar-refractivity contribution in [1.29, 1.82) is 0 Å². The zero-order valence-corrected chi connectivity index (χ0v) is 12.7. The minimum atomic E-state index is -0.391. The van der Waals surface area contributed by atoms with Crippen LogP contribution >= 0.6 is 0 Å². The van der Waals surface area contributed by atoms with Crippen LogP contribution in [0, 0.1) is 0 Å². The number of aliphatic hydroxyl groups excluding tert-OH is 1. The number of anilines is 1. The smallest absolute Gasteiger partial charge is 0.322 e. The molecule has 1 aliphatic heterocycles. The number of carbonyl (C=O) groups is 1. The van der Waals surface area contributed by atoms with E-state index >= 15 is 0 Å². The van der Waals surface area contributed by atoms with Gasteiger partial charge in [-0.3, -0.25) is 4.98 Å². The summed E-state index contributed by atoms with van der Waals surface area (Å²) in [7, 11) is 0. The van der Waals surface area contributed by atoms with Gasteiger partial charge in [0.25, 0.3) is 0 Å². The number of para-hydroxylation sites is 1. The summed E-state index contributed by atoms with van der Waals surface area (Å²) in [6.07, 6.45) is 3.90. The minimum Gasteiger partial charge on any atom is -0.393 e. The monoisotopic (exact) mass is 299 g/mol. The van der Waals surface area contributed by atoms with Crippen molar-refractivity contribution < 1.29 is 9.90 Å². The third-order valence-electron chi connectivity index (χ3n) is 4.13. The predicted octanol–water partition coefficient (Wildman–Crippen LogP) is 3.00. The first-order chi connectivity index (χ1) is 10.6. The van der Waals surface area contributed by atoms with Crippen LogP contribution in [0.5, 0.6) is 0 Å². The highest BCUT2D eigenvalue weighted by molar-refractivity contribution is 5.99. The first-order valence-corrected chi connectivity index (χ1v) is 7.74. The molecule has 0 spiro atoms. The van der Waals surface area contributed by atoms with E-state index in [9.17, 15) is 9.90 Å². The van der Waals surface area contributed by atoms with Crippen molar-refractivity contribution in [2.45, 2.75) is 38.3 Å². The summed E-state index contributed by atoms with van der Waals surface area (Å²) in [5.41, 5.74) is 1.52. The Labute approximate surface area is 130 Å². The van der Waals surface area contributed by atoms with E-state index in [0.29, 0.717) is 6.42 Å². The molecule has 0 radical (unpaired) electrons. The molecule has 2 amide bonds. The van der Waals surface area contributed by atoms with Gasteiger partial charge in [-0.05, 0) is 38.3 Å². The molecule has 0 aliphatic carbocycles. The van der Waals surface area contributed by atoms with Gasteiger partial charge < -0.3 is 15.3 Å². The second kappa shape index (κ2) is 6.32. The number of benzene rings is 1. The van der Waals surface area contributed by atoms with Crippen LogP contribution in [0.25, 0.3) is 10.9 Å². The van der Waals surface area contributed by atoms with Crippen LogP contribution in [0.4, 0.5) is 10.5 Å². The number of amides is 2. The van der Waals surface area contributed by atoms with Gasteiger partial charge in [0.2, 0.25) is 0 Å². The van der Waals surface area contributed by atoms with Crippen LogP contribution in [0.15, 0.2) is 36.5 Å². The fourth-order valence-corrected chi connectivity index (χ4v) is 3.13. The van der Waals surface area contributed by atoms with E-state index in [1.165, 1.54) is 0 Å². The zero-order chi connectivity index (χ0) is 15.5. The second-order valence-electron chi connectivity index (χ2n) is 5.89. The molecule has 2 atom stereocenters. The zero-order valence-electron chi connectivity index (χ0n) is 12.7. The maximum Gasteiger partial charge on any atom is 0.322 e. The lowest BCUT2D eigenvalue weighted by atomic mass is 10.1. The average molecular weight is 299 g/mol. The number of urea groups is 1. The van der Waals surface area contributed by atoms with E-state index in [0.717, 1.165) is 36.0 Å². The van der Waals surface area contributed by atoms with Crippen LogP contribution in [0.2, 0.25) is 0 Å². The Morgan fingerprint density at radius 2 is 2.27 bits per heavy atom. The maximum atomic E-state index is 12.6. The van der Waals surface area contributed by atoms with Crippen LogP contribution < -0.4 is 5.32 Å². The fraction of sp³-hybridized carbons (Fsp3) is 0.412. The van der Waals surface area contributed by atoms with E-state index < -0.39 is 6.10 Å². The molecule has 1 fully saturated rings. The summed E-state index contributed by atoms with van der Waals surface area (Å²) < 4.78 is 0. The highest BCUT2D eigenvalue weighted by Crippen LogP contribution is 2.25. The molecule has 22 heavy (non-hydrogen) atoms. The van der Waals surface area contributed by atoms with Gasteiger partial charge in [-0.1, -0.05) is 18.2 Å². The third-order valence-corrected chi connectivity index (χ3v) is 4.13. The number of nitrogens with zero attached hydrogens (tertiary/aromatic N) is 2. The molecule has 0 bridgehead atoms. The fourth-order valence-electron chi connectivity index (χ4n) is 3.13. The first-order valence-electron chi connectivity index (χ1n) is 7.74. The van der Waals surface area contributed by atoms with Crippen molar-refractivity contribution in [1.82, 2.24) is 9.88 Å². The van der Waals surface area contributed by atoms with E-state index in [2.05, 4.69) is 10.3 Å². The number of pyridine rings is 1. The Morgan fingerprint density at radius 3 is 3.09 bits per heavy atom. The third kappa shape index (κ3) is 3.04. The summed E-state index contributed by atoms with van der Waals surface area (Å²) in [5.74, 6) is 0. The lowest BCUT2D eigenvalue weighted by Gasteiger charge is -2.26. The number of nitrogens with one attached hydrogen (secondary N) is 1. The Balaban J connectivity index is 1.78. The molecule has 2 heterocycles. The van der Waals surface area contributed by atoms with Crippen LogP contribution in [0.3, 0.4) is 0 Å². The quantitative estimate of drug-likeness (QED) is 0.915. The highest BCUT2D eigenvalue weighted by Gasteiger charge is 2.29. The molecule has 2 aromatic rings. The number of rotatable bonds is 3. The Kier molecular flexibility index (Phi) is 4.24. The lowest BCUT2D eigenvalue weighted by molar-refractivity contribution is 0.142. The number of hydrogen-bond donors (Lipinski definition) is 2. The standard InChI is InChI=1S/C17H21N3O2/c1-12(21)11-14-7-4-10-20(14)17(22)19-15-8-2-5-13-6-3-9-18-16(13)15/h2-3,5-6,8-9,12,14,21H,4,7,10-11H2,1H3,(H,19,22)/t12-,14-/m0/s1.